The molecule has 0 aliphatic carbocycles. The normalized spacial score (nSPS) is 13.4. The van der Waals surface area contributed by atoms with Gasteiger partial charge in [0, 0.05) is 6.20 Å². The van der Waals surface area contributed by atoms with Crippen LogP contribution in [0.5, 0.6) is 0 Å². The molecule has 0 radical (unpaired) electrons. The largest absolute Gasteiger partial charge is 0.387 e. The van der Waals surface area contributed by atoms with E-state index in [1.165, 1.54) is 0 Å². The van der Waals surface area contributed by atoms with Crippen LogP contribution in [0.15, 0.2) is 6.20 Å². The van der Waals surface area contributed by atoms with Crippen LogP contribution < -0.4 is 0 Å². The number of aromatic amines is 1. The van der Waals surface area contributed by atoms with Gasteiger partial charge in [-0.3, -0.25) is 5.10 Å². The Morgan fingerprint density at radius 1 is 1.80 bits per heavy atom. The maximum Gasteiger partial charge on any atom is 0.111 e. The number of aliphatic hydroxyl groups is 1. The van der Waals surface area contributed by atoms with Gasteiger partial charge in [-0.1, -0.05) is 18.6 Å². The number of rotatable bonds is 3. The number of hydrogen-bond acceptors (Lipinski definition) is 3. The van der Waals surface area contributed by atoms with Crippen LogP contribution in [0.4, 0.5) is 0 Å². The van der Waals surface area contributed by atoms with Crippen LogP contribution in [-0.4, -0.2) is 20.5 Å². The molecule has 1 aromatic rings. The van der Waals surface area contributed by atoms with Gasteiger partial charge in [0.05, 0.1) is 6.10 Å². The highest BCUT2D eigenvalue weighted by Crippen LogP contribution is 2.12. The van der Waals surface area contributed by atoms with Crippen molar-refractivity contribution in [1.82, 2.24) is 15.4 Å². The first-order valence-electron chi connectivity index (χ1n) is 3.39. The fraction of sp³-hybridized carbons (Fsp3) is 0.667. The van der Waals surface area contributed by atoms with E-state index in [1.54, 1.807) is 6.20 Å². The topological polar surface area (TPSA) is 61.8 Å². The minimum absolute atomic E-state index is 0.455. The summed E-state index contributed by atoms with van der Waals surface area (Å²) in [6, 6.07) is 0. The van der Waals surface area contributed by atoms with Gasteiger partial charge in [0.2, 0.25) is 0 Å². The first-order valence-corrected chi connectivity index (χ1v) is 3.39. The molecule has 1 heterocycles. The Morgan fingerprint density at radius 3 is 3.10 bits per heavy atom. The van der Waals surface area contributed by atoms with Gasteiger partial charge in [-0.15, -0.1) is 5.10 Å². The predicted molar refractivity (Wildman–Crippen MR) is 36.3 cm³/mol. The summed E-state index contributed by atoms with van der Waals surface area (Å²) < 4.78 is 0. The average Bonchev–Trinajstić information content (AvgIpc) is 2.38. The molecule has 0 bridgehead atoms. The van der Waals surface area contributed by atoms with Crippen LogP contribution in [0.2, 0.25) is 0 Å². The molecule has 0 spiro atoms. The molecule has 0 saturated heterocycles. The molecule has 2 N–H and O–H groups in total. The Kier molecular flexibility index (Phi) is 2.39. The van der Waals surface area contributed by atoms with Crippen molar-refractivity contribution in [2.24, 2.45) is 0 Å². The Hall–Kier alpha value is -0.900. The van der Waals surface area contributed by atoms with Crippen LogP contribution in [0, 0.1) is 0 Å². The van der Waals surface area contributed by atoms with Crippen molar-refractivity contribution in [3.8, 4) is 0 Å². The molecule has 4 nitrogen and oxygen atoms in total. The van der Waals surface area contributed by atoms with Crippen molar-refractivity contribution in [1.29, 1.82) is 0 Å². The second-order valence-electron chi connectivity index (χ2n) is 2.20. The number of hydrogen-bond donors (Lipinski definition) is 2. The third kappa shape index (κ3) is 1.54. The lowest BCUT2D eigenvalue weighted by Crippen LogP contribution is -1.96. The van der Waals surface area contributed by atoms with E-state index in [9.17, 15) is 5.11 Å². The molecule has 10 heavy (non-hydrogen) atoms. The van der Waals surface area contributed by atoms with E-state index >= 15 is 0 Å². The minimum atomic E-state index is -0.455. The summed E-state index contributed by atoms with van der Waals surface area (Å²) in [7, 11) is 0. The van der Waals surface area contributed by atoms with Gasteiger partial charge in [-0.25, -0.2) is 0 Å². The fourth-order valence-corrected chi connectivity index (χ4v) is 0.795. The molecule has 1 aromatic heterocycles. The third-order valence-corrected chi connectivity index (χ3v) is 1.34. The molecule has 0 aliphatic heterocycles. The van der Waals surface area contributed by atoms with E-state index < -0.39 is 6.10 Å². The van der Waals surface area contributed by atoms with E-state index in [0.29, 0.717) is 5.69 Å². The predicted octanol–water partition coefficient (Wildman–Crippen LogP) is 0.638. The van der Waals surface area contributed by atoms with Gasteiger partial charge in [-0.05, 0) is 6.42 Å². The van der Waals surface area contributed by atoms with Crippen molar-refractivity contribution in [3.05, 3.63) is 11.9 Å². The van der Waals surface area contributed by atoms with Gasteiger partial charge in [0.25, 0.3) is 0 Å². The molecule has 0 saturated carbocycles. The zero-order valence-corrected chi connectivity index (χ0v) is 5.91. The van der Waals surface area contributed by atoms with E-state index in [-0.39, 0.29) is 0 Å². The summed E-state index contributed by atoms with van der Waals surface area (Å²) in [6.45, 7) is 2.02. The zero-order chi connectivity index (χ0) is 7.40. The van der Waals surface area contributed by atoms with Crippen LogP contribution in [0.25, 0.3) is 0 Å². The van der Waals surface area contributed by atoms with E-state index in [1.807, 2.05) is 6.92 Å². The first kappa shape index (κ1) is 7.21. The minimum Gasteiger partial charge on any atom is -0.387 e. The van der Waals surface area contributed by atoms with E-state index in [2.05, 4.69) is 15.4 Å². The molecule has 1 unspecified atom stereocenters. The molecule has 56 valence electrons. The summed E-state index contributed by atoms with van der Waals surface area (Å²) in [5.74, 6) is 0. The summed E-state index contributed by atoms with van der Waals surface area (Å²) in [5, 5.41) is 19.0. The highest BCUT2D eigenvalue weighted by Gasteiger charge is 2.07. The fourth-order valence-electron chi connectivity index (χ4n) is 0.795. The van der Waals surface area contributed by atoms with Crippen LogP contribution in [-0.2, 0) is 0 Å². The van der Waals surface area contributed by atoms with Crippen LogP contribution >= 0.6 is 0 Å². The van der Waals surface area contributed by atoms with Gasteiger partial charge in [0.1, 0.15) is 5.69 Å². The Balaban J connectivity index is 2.50. The molecular weight excluding hydrogens is 130 g/mol. The second kappa shape index (κ2) is 3.31. The molecule has 0 amide bonds. The Bertz CT molecular complexity index is 173. The van der Waals surface area contributed by atoms with Crippen molar-refractivity contribution in [3.63, 3.8) is 0 Å². The van der Waals surface area contributed by atoms with Gasteiger partial charge in [-0.2, -0.15) is 0 Å². The summed E-state index contributed by atoms with van der Waals surface area (Å²) in [6.07, 6.45) is 2.85. The summed E-state index contributed by atoms with van der Waals surface area (Å²) >= 11 is 0. The lowest BCUT2D eigenvalue weighted by Gasteiger charge is -2.02. The number of aliphatic hydroxyl groups excluding tert-OH is 1. The van der Waals surface area contributed by atoms with Gasteiger partial charge < -0.3 is 5.11 Å². The second-order valence-corrected chi connectivity index (χ2v) is 2.20. The van der Waals surface area contributed by atoms with Crippen LogP contribution in [0.1, 0.15) is 31.6 Å². The third-order valence-electron chi connectivity index (χ3n) is 1.34. The average molecular weight is 141 g/mol. The molecule has 1 atom stereocenters. The SMILES string of the molecule is CCCC(O)c1c[nH]nn1. The quantitative estimate of drug-likeness (QED) is 0.649. The zero-order valence-electron chi connectivity index (χ0n) is 5.91. The van der Waals surface area contributed by atoms with E-state index in [0.717, 1.165) is 12.8 Å². The molecule has 0 fully saturated rings. The summed E-state index contributed by atoms with van der Waals surface area (Å²) in [5.41, 5.74) is 0.627. The number of nitrogens with zero attached hydrogens (tertiary/aromatic N) is 2. The standard InChI is InChI=1S/C6H11N3O/c1-2-3-6(10)5-4-7-9-8-5/h4,6,10H,2-3H2,1H3,(H,7,8,9). The molecule has 0 aliphatic rings. The molecular formula is C6H11N3O. The maximum absolute atomic E-state index is 9.29. The van der Waals surface area contributed by atoms with Crippen molar-refractivity contribution >= 4 is 0 Å². The molecule has 4 heteroatoms. The monoisotopic (exact) mass is 141 g/mol. The lowest BCUT2D eigenvalue weighted by atomic mass is 10.2. The van der Waals surface area contributed by atoms with E-state index in [4.69, 9.17) is 0 Å². The van der Waals surface area contributed by atoms with Crippen LogP contribution in [0.3, 0.4) is 0 Å². The van der Waals surface area contributed by atoms with Crippen molar-refractivity contribution < 1.29 is 5.11 Å². The first-order chi connectivity index (χ1) is 4.84. The summed E-state index contributed by atoms with van der Waals surface area (Å²) in [4.78, 5) is 0. The Labute approximate surface area is 59.3 Å². The van der Waals surface area contributed by atoms with Gasteiger partial charge in [0.15, 0.2) is 0 Å². The highest BCUT2D eigenvalue weighted by molar-refractivity contribution is 4.94. The highest BCUT2D eigenvalue weighted by atomic mass is 16.3. The number of aromatic nitrogens is 3. The molecule has 0 aromatic carbocycles. The Morgan fingerprint density at radius 2 is 2.60 bits per heavy atom. The number of H-pyrrole nitrogens is 1. The smallest absolute Gasteiger partial charge is 0.111 e. The lowest BCUT2D eigenvalue weighted by molar-refractivity contribution is 0.161. The van der Waals surface area contributed by atoms with Crippen molar-refractivity contribution in [2.75, 3.05) is 0 Å². The van der Waals surface area contributed by atoms with Gasteiger partial charge >= 0.3 is 0 Å². The number of nitrogens with one attached hydrogen (secondary N) is 1. The maximum atomic E-state index is 9.29. The van der Waals surface area contributed by atoms with Crippen molar-refractivity contribution in [2.45, 2.75) is 25.9 Å². The molecule has 1 rings (SSSR count).